The average Bonchev–Trinajstić information content (AvgIpc) is 2.92. The Hall–Kier alpha value is -2.14. The fourth-order valence-electron chi connectivity index (χ4n) is 4.52. The van der Waals surface area contributed by atoms with Gasteiger partial charge in [-0.15, -0.1) is 0 Å². The summed E-state index contributed by atoms with van der Waals surface area (Å²) in [5, 5.41) is 1.88. The number of benzene rings is 1. The third kappa shape index (κ3) is 10.7. The Kier molecular flexibility index (Phi) is 13.8. The third-order valence-electron chi connectivity index (χ3n) is 9.44. The number of fused-ring (bicyclic) bond motifs is 1. The van der Waals surface area contributed by atoms with E-state index in [-0.39, 0.29) is 34.0 Å². The van der Waals surface area contributed by atoms with Crippen LogP contribution in [0.15, 0.2) is 36.4 Å². The molecule has 1 heterocycles. The van der Waals surface area contributed by atoms with Crippen molar-refractivity contribution in [1.29, 1.82) is 0 Å². The van der Waals surface area contributed by atoms with Crippen molar-refractivity contribution >= 4 is 45.2 Å². The molecule has 0 saturated carbocycles. The summed E-state index contributed by atoms with van der Waals surface area (Å²) in [6.45, 7) is 24.6. The highest BCUT2D eigenvalue weighted by atomic mass is 28.4. The highest BCUT2D eigenvalue weighted by molar-refractivity contribution is 6.74. The largest absolute Gasteiger partial charge is 0.469 e. The van der Waals surface area contributed by atoms with Crippen LogP contribution in [0, 0.1) is 0 Å². The molecule has 0 amide bonds. The lowest BCUT2D eigenvalue weighted by molar-refractivity contribution is -0.140. The fraction of sp³-hybridized carbons (Fsp3) is 0.639. The first-order valence-electron chi connectivity index (χ1n) is 16.4. The van der Waals surface area contributed by atoms with Gasteiger partial charge >= 0.3 is 5.97 Å². The van der Waals surface area contributed by atoms with Crippen molar-refractivity contribution < 1.29 is 23.2 Å². The lowest BCUT2D eigenvalue weighted by Gasteiger charge is -2.44. The van der Waals surface area contributed by atoms with Crippen molar-refractivity contribution in [3.05, 3.63) is 47.8 Å². The standard InChI is InChI=1S/C36H59NO5Si2/c1-13-14-15-21-30(38)34-29-20-17-16-19-27(29)26-28(37-34)24-25-32(42-44(11,12)36(5,6)7)31(22-18-23-33(39)40-8)41-43(9,10)35(2,3)4/h16-17,19-20,24-26,31-32H,13-15,18,21-23H2,1-12H3/b25-24+/t31?,32-/m1/s1. The van der Waals surface area contributed by atoms with Crippen LogP contribution in [-0.2, 0) is 18.4 Å². The van der Waals surface area contributed by atoms with E-state index < -0.39 is 16.6 Å². The molecule has 2 rings (SSSR count). The van der Waals surface area contributed by atoms with Crippen LogP contribution in [0.5, 0.6) is 0 Å². The number of hydrogen-bond donors (Lipinski definition) is 0. The summed E-state index contributed by atoms with van der Waals surface area (Å²) < 4.78 is 19.1. The molecule has 44 heavy (non-hydrogen) atoms. The molecule has 0 bridgehead atoms. The van der Waals surface area contributed by atoms with Gasteiger partial charge in [0.2, 0.25) is 0 Å². The van der Waals surface area contributed by atoms with Crippen molar-refractivity contribution in [1.82, 2.24) is 4.98 Å². The first-order chi connectivity index (χ1) is 20.3. The van der Waals surface area contributed by atoms with Gasteiger partial charge in [0.25, 0.3) is 0 Å². The van der Waals surface area contributed by atoms with E-state index >= 15 is 0 Å². The van der Waals surface area contributed by atoms with E-state index in [9.17, 15) is 9.59 Å². The van der Waals surface area contributed by atoms with Gasteiger partial charge in [-0.2, -0.15) is 0 Å². The maximum Gasteiger partial charge on any atom is 0.305 e. The van der Waals surface area contributed by atoms with Crippen LogP contribution < -0.4 is 0 Å². The molecule has 0 fully saturated rings. The van der Waals surface area contributed by atoms with Crippen molar-refractivity contribution in [2.45, 2.75) is 142 Å². The minimum atomic E-state index is -2.23. The number of ether oxygens (including phenoxy) is 1. The molecule has 8 heteroatoms. The minimum Gasteiger partial charge on any atom is -0.469 e. The number of rotatable bonds is 16. The SMILES string of the molecule is CCCCCC(=O)c1nc(/C=C/[C@@H](O[Si](C)(C)C(C)(C)C)C(CCCC(=O)OC)O[Si](C)(C)C(C)(C)C)cc2ccccc12. The van der Waals surface area contributed by atoms with Gasteiger partial charge in [-0.25, -0.2) is 4.98 Å². The predicted octanol–water partition coefficient (Wildman–Crippen LogP) is 10.1. The summed E-state index contributed by atoms with van der Waals surface area (Å²) in [7, 11) is -3.00. The first kappa shape index (κ1) is 38.0. The van der Waals surface area contributed by atoms with Gasteiger partial charge in [0, 0.05) is 18.2 Å². The number of unbranched alkanes of at least 4 members (excludes halogenated alkanes) is 2. The van der Waals surface area contributed by atoms with E-state index in [1.54, 1.807) is 0 Å². The molecule has 0 aliphatic carbocycles. The molecule has 0 aliphatic rings. The van der Waals surface area contributed by atoms with Gasteiger partial charge in [0.05, 0.1) is 25.0 Å². The summed E-state index contributed by atoms with van der Waals surface area (Å²) in [4.78, 5) is 30.2. The van der Waals surface area contributed by atoms with Crippen LogP contribution in [0.1, 0.15) is 110 Å². The fourth-order valence-corrected chi connectivity index (χ4v) is 7.14. The highest BCUT2D eigenvalue weighted by Crippen LogP contribution is 2.41. The smallest absolute Gasteiger partial charge is 0.305 e. The highest BCUT2D eigenvalue weighted by Gasteiger charge is 2.44. The van der Waals surface area contributed by atoms with Gasteiger partial charge in [0.1, 0.15) is 5.69 Å². The molecule has 0 saturated heterocycles. The Morgan fingerprint density at radius 1 is 0.886 bits per heavy atom. The Balaban J connectivity index is 2.61. The summed E-state index contributed by atoms with van der Waals surface area (Å²) in [5.41, 5.74) is 1.26. The van der Waals surface area contributed by atoms with Crippen LogP contribution >= 0.6 is 0 Å². The number of nitrogens with zero attached hydrogens (tertiary/aromatic N) is 1. The quantitative estimate of drug-likeness (QED) is 0.0786. The molecule has 1 unspecified atom stereocenters. The monoisotopic (exact) mass is 641 g/mol. The zero-order valence-corrected chi connectivity index (χ0v) is 31.6. The van der Waals surface area contributed by atoms with E-state index in [2.05, 4.69) is 80.7 Å². The summed E-state index contributed by atoms with van der Waals surface area (Å²) in [5.74, 6) is -0.133. The van der Waals surface area contributed by atoms with E-state index in [1.807, 2.05) is 36.4 Å². The predicted molar refractivity (Wildman–Crippen MR) is 189 cm³/mol. The number of ketones is 1. The molecule has 2 aromatic rings. The van der Waals surface area contributed by atoms with Crippen molar-refractivity contribution in [2.75, 3.05) is 7.11 Å². The molecule has 2 atom stereocenters. The van der Waals surface area contributed by atoms with Crippen molar-refractivity contribution in [3.8, 4) is 0 Å². The lowest BCUT2D eigenvalue weighted by Crippen LogP contribution is -2.51. The number of aromatic nitrogens is 1. The maximum absolute atomic E-state index is 13.3. The zero-order valence-electron chi connectivity index (χ0n) is 29.6. The van der Waals surface area contributed by atoms with Crippen molar-refractivity contribution in [3.63, 3.8) is 0 Å². The normalized spacial score (nSPS) is 14.6. The number of carbonyl (C=O) groups is 2. The number of hydrogen-bond acceptors (Lipinski definition) is 6. The number of methoxy groups -OCH3 is 1. The van der Waals surface area contributed by atoms with E-state index in [1.165, 1.54) is 7.11 Å². The van der Waals surface area contributed by atoms with E-state index in [0.29, 0.717) is 31.4 Å². The number of carbonyl (C=O) groups excluding carboxylic acids is 2. The van der Waals surface area contributed by atoms with Crippen LogP contribution in [0.4, 0.5) is 0 Å². The molecule has 0 radical (unpaired) electrons. The van der Waals surface area contributed by atoms with E-state index in [4.69, 9.17) is 18.6 Å². The van der Waals surface area contributed by atoms with Gasteiger partial charge in [-0.3, -0.25) is 9.59 Å². The summed E-state index contributed by atoms with van der Waals surface area (Å²) in [6.07, 6.45) is 8.58. The Morgan fingerprint density at radius 3 is 2.09 bits per heavy atom. The third-order valence-corrected chi connectivity index (χ3v) is 18.4. The topological polar surface area (TPSA) is 74.7 Å². The maximum atomic E-state index is 13.3. The summed E-state index contributed by atoms with van der Waals surface area (Å²) >= 11 is 0. The molecular formula is C36H59NO5Si2. The van der Waals surface area contributed by atoms with Crippen LogP contribution in [0.3, 0.4) is 0 Å². The minimum absolute atomic E-state index is 0.00573. The second kappa shape index (κ2) is 15.9. The lowest BCUT2D eigenvalue weighted by atomic mass is 10.0. The molecule has 0 spiro atoms. The second-order valence-corrected chi connectivity index (χ2v) is 24.6. The van der Waals surface area contributed by atoms with Gasteiger partial charge in [-0.05, 0) is 73.1 Å². The zero-order chi connectivity index (χ0) is 33.3. The Morgan fingerprint density at radius 2 is 1.50 bits per heavy atom. The molecule has 1 aromatic carbocycles. The Labute approximate surface area is 269 Å². The molecule has 1 aromatic heterocycles. The Bertz CT molecular complexity index is 1270. The molecule has 0 aliphatic heterocycles. The summed E-state index contributed by atoms with van der Waals surface area (Å²) in [6, 6.07) is 10.0. The molecule has 0 N–H and O–H groups in total. The number of esters is 1. The van der Waals surface area contributed by atoms with Crippen molar-refractivity contribution in [2.24, 2.45) is 0 Å². The van der Waals surface area contributed by atoms with Crippen LogP contribution in [-0.4, -0.2) is 52.7 Å². The average molecular weight is 642 g/mol. The van der Waals surface area contributed by atoms with E-state index in [0.717, 1.165) is 35.7 Å². The number of Topliss-reactive ketones (excluding diaryl/α,β-unsaturated/α-hetero) is 1. The molecular weight excluding hydrogens is 583 g/mol. The molecule has 6 nitrogen and oxygen atoms in total. The second-order valence-electron chi connectivity index (χ2n) is 15.1. The molecule has 246 valence electrons. The van der Waals surface area contributed by atoms with Gasteiger partial charge in [-0.1, -0.05) is 91.6 Å². The van der Waals surface area contributed by atoms with Gasteiger partial charge < -0.3 is 13.6 Å². The van der Waals surface area contributed by atoms with Gasteiger partial charge in [0.15, 0.2) is 22.4 Å². The van der Waals surface area contributed by atoms with Crippen LogP contribution in [0.2, 0.25) is 36.3 Å². The first-order valence-corrected chi connectivity index (χ1v) is 22.2. The van der Waals surface area contributed by atoms with Crippen LogP contribution in [0.25, 0.3) is 16.8 Å². The number of pyridine rings is 1.